The zero-order chi connectivity index (χ0) is 11.4. The first-order chi connectivity index (χ1) is 8.36. The molecule has 0 radical (unpaired) electrons. The number of fused-ring (bicyclic) bond motifs is 5. The SMILES string of the molecule is CCc1nn2c3c(nc2s1)-c1ccccc1C3. The van der Waals surface area contributed by atoms with Crippen molar-refractivity contribution in [3.05, 3.63) is 40.5 Å². The molecule has 0 fully saturated rings. The molecule has 0 saturated carbocycles. The Morgan fingerprint density at radius 1 is 1.35 bits per heavy atom. The quantitative estimate of drug-likeness (QED) is 0.513. The smallest absolute Gasteiger partial charge is 0.212 e. The third-order valence-electron chi connectivity index (χ3n) is 3.27. The summed E-state index contributed by atoms with van der Waals surface area (Å²) >= 11 is 1.70. The van der Waals surface area contributed by atoms with Gasteiger partial charge in [0.1, 0.15) is 5.01 Å². The highest BCUT2D eigenvalue weighted by Gasteiger charge is 2.25. The summed E-state index contributed by atoms with van der Waals surface area (Å²) in [6, 6.07) is 8.49. The van der Waals surface area contributed by atoms with Crippen LogP contribution in [0.5, 0.6) is 0 Å². The normalized spacial score (nSPS) is 13.0. The molecular weight excluding hydrogens is 230 g/mol. The van der Waals surface area contributed by atoms with Gasteiger partial charge in [-0.2, -0.15) is 5.10 Å². The van der Waals surface area contributed by atoms with E-state index in [1.165, 1.54) is 16.8 Å². The van der Waals surface area contributed by atoms with Gasteiger partial charge >= 0.3 is 0 Å². The standard InChI is InChI=1S/C13H11N3S/c1-2-11-15-16-10-7-8-5-3-4-6-9(8)12(10)14-13(16)17-11/h3-6H,2,7H2,1H3. The molecule has 84 valence electrons. The van der Waals surface area contributed by atoms with Crippen LogP contribution in [0.4, 0.5) is 0 Å². The molecule has 0 bridgehead atoms. The number of benzene rings is 1. The van der Waals surface area contributed by atoms with Crippen LogP contribution >= 0.6 is 11.3 Å². The lowest BCUT2D eigenvalue weighted by molar-refractivity contribution is 0.866. The van der Waals surface area contributed by atoms with Gasteiger partial charge in [-0.05, 0) is 12.0 Å². The van der Waals surface area contributed by atoms with Crippen molar-refractivity contribution in [2.45, 2.75) is 19.8 Å². The summed E-state index contributed by atoms with van der Waals surface area (Å²) < 4.78 is 2.03. The fourth-order valence-corrected chi connectivity index (χ4v) is 3.28. The summed E-state index contributed by atoms with van der Waals surface area (Å²) in [7, 11) is 0. The maximum absolute atomic E-state index is 4.72. The number of aryl methyl sites for hydroxylation is 1. The molecule has 1 aliphatic carbocycles. The van der Waals surface area contributed by atoms with Gasteiger partial charge in [-0.25, -0.2) is 9.50 Å². The Morgan fingerprint density at radius 2 is 2.24 bits per heavy atom. The molecule has 0 saturated heterocycles. The lowest BCUT2D eigenvalue weighted by Crippen LogP contribution is -1.92. The molecule has 3 nitrogen and oxygen atoms in total. The molecule has 3 aromatic rings. The van der Waals surface area contributed by atoms with Gasteiger partial charge in [-0.1, -0.05) is 42.5 Å². The Bertz CT molecular complexity index is 723. The second kappa shape index (κ2) is 3.17. The van der Waals surface area contributed by atoms with Crippen LogP contribution in [0.15, 0.2) is 24.3 Å². The molecule has 0 amide bonds. The van der Waals surface area contributed by atoms with E-state index in [0.717, 1.165) is 28.5 Å². The van der Waals surface area contributed by atoms with Gasteiger partial charge in [0, 0.05) is 12.0 Å². The summed E-state index contributed by atoms with van der Waals surface area (Å²) in [5.74, 6) is 0. The molecule has 1 aromatic carbocycles. The van der Waals surface area contributed by atoms with Crippen LogP contribution in [-0.2, 0) is 12.8 Å². The van der Waals surface area contributed by atoms with Crippen LogP contribution in [0.25, 0.3) is 16.2 Å². The largest absolute Gasteiger partial charge is 0.217 e. The minimum atomic E-state index is 0.958. The maximum atomic E-state index is 4.72. The number of hydrogen-bond acceptors (Lipinski definition) is 3. The highest BCUT2D eigenvalue weighted by Crippen LogP contribution is 2.37. The third kappa shape index (κ3) is 1.16. The first kappa shape index (κ1) is 9.36. The van der Waals surface area contributed by atoms with E-state index in [0.29, 0.717) is 0 Å². The van der Waals surface area contributed by atoms with Crippen LogP contribution < -0.4 is 0 Å². The molecule has 0 atom stereocenters. The molecule has 0 aliphatic heterocycles. The topological polar surface area (TPSA) is 30.2 Å². The number of nitrogens with zero attached hydrogens (tertiary/aromatic N) is 3. The van der Waals surface area contributed by atoms with Gasteiger partial charge in [0.05, 0.1) is 11.4 Å². The summed E-state index contributed by atoms with van der Waals surface area (Å²) in [5.41, 5.74) is 5.02. The monoisotopic (exact) mass is 241 g/mol. The van der Waals surface area contributed by atoms with Crippen LogP contribution in [0, 0.1) is 0 Å². The predicted molar refractivity (Wildman–Crippen MR) is 68.5 cm³/mol. The highest BCUT2D eigenvalue weighted by atomic mass is 32.1. The first-order valence-electron chi connectivity index (χ1n) is 5.82. The van der Waals surface area contributed by atoms with E-state index < -0.39 is 0 Å². The molecule has 4 rings (SSSR count). The van der Waals surface area contributed by atoms with Gasteiger partial charge in [0.2, 0.25) is 4.96 Å². The predicted octanol–water partition coefficient (Wildman–Crippen LogP) is 2.92. The van der Waals surface area contributed by atoms with Crippen LogP contribution in [0.2, 0.25) is 0 Å². The van der Waals surface area contributed by atoms with Crippen LogP contribution in [-0.4, -0.2) is 14.6 Å². The second-order valence-electron chi connectivity index (χ2n) is 4.28. The van der Waals surface area contributed by atoms with Crippen molar-refractivity contribution in [3.8, 4) is 11.3 Å². The molecule has 2 heterocycles. The van der Waals surface area contributed by atoms with E-state index in [2.05, 4.69) is 36.3 Å². The van der Waals surface area contributed by atoms with E-state index in [9.17, 15) is 0 Å². The summed E-state index contributed by atoms with van der Waals surface area (Å²) in [6.45, 7) is 2.13. The van der Waals surface area contributed by atoms with Gasteiger partial charge in [0.25, 0.3) is 0 Å². The lowest BCUT2D eigenvalue weighted by Gasteiger charge is -1.95. The maximum Gasteiger partial charge on any atom is 0.212 e. The van der Waals surface area contributed by atoms with Crippen LogP contribution in [0.1, 0.15) is 23.2 Å². The number of imidazole rings is 1. The molecule has 0 spiro atoms. The van der Waals surface area contributed by atoms with Crippen molar-refractivity contribution < 1.29 is 0 Å². The Balaban J connectivity index is 2.01. The van der Waals surface area contributed by atoms with Crippen molar-refractivity contribution >= 4 is 16.3 Å². The van der Waals surface area contributed by atoms with E-state index in [-0.39, 0.29) is 0 Å². The van der Waals surface area contributed by atoms with E-state index in [1.807, 2.05) is 4.52 Å². The molecular formula is C13H11N3S. The molecule has 4 heteroatoms. The Hall–Kier alpha value is -1.68. The Morgan fingerprint density at radius 3 is 3.12 bits per heavy atom. The average molecular weight is 241 g/mol. The van der Waals surface area contributed by atoms with Gasteiger partial charge in [-0.3, -0.25) is 0 Å². The van der Waals surface area contributed by atoms with E-state index in [1.54, 1.807) is 11.3 Å². The lowest BCUT2D eigenvalue weighted by atomic mass is 10.1. The third-order valence-corrected chi connectivity index (χ3v) is 4.32. The summed E-state index contributed by atoms with van der Waals surface area (Å²) in [6.07, 6.45) is 1.94. The zero-order valence-corrected chi connectivity index (χ0v) is 10.3. The summed E-state index contributed by atoms with van der Waals surface area (Å²) in [4.78, 5) is 5.75. The van der Waals surface area contributed by atoms with Crippen molar-refractivity contribution in [2.75, 3.05) is 0 Å². The van der Waals surface area contributed by atoms with Crippen molar-refractivity contribution in [1.29, 1.82) is 0 Å². The highest BCUT2D eigenvalue weighted by molar-refractivity contribution is 7.16. The summed E-state index contributed by atoms with van der Waals surface area (Å²) in [5, 5.41) is 5.78. The molecule has 2 aromatic heterocycles. The number of rotatable bonds is 1. The van der Waals surface area contributed by atoms with Crippen molar-refractivity contribution in [2.24, 2.45) is 0 Å². The van der Waals surface area contributed by atoms with Crippen molar-refractivity contribution in [1.82, 2.24) is 14.6 Å². The molecule has 0 unspecified atom stereocenters. The second-order valence-corrected chi connectivity index (χ2v) is 5.33. The Kier molecular flexibility index (Phi) is 1.74. The van der Waals surface area contributed by atoms with Gasteiger partial charge in [0.15, 0.2) is 0 Å². The minimum Gasteiger partial charge on any atom is -0.217 e. The van der Waals surface area contributed by atoms with Gasteiger partial charge < -0.3 is 0 Å². The van der Waals surface area contributed by atoms with E-state index in [4.69, 9.17) is 4.98 Å². The number of aromatic nitrogens is 3. The van der Waals surface area contributed by atoms with E-state index >= 15 is 0 Å². The fourth-order valence-electron chi connectivity index (χ4n) is 2.43. The molecule has 1 aliphatic rings. The fraction of sp³-hybridized carbons (Fsp3) is 0.231. The molecule has 17 heavy (non-hydrogen) atoms. The Labute approximate surface area is 103 Å². The molecule has 0 N–H and O–H groups in total. The minimum absolute atomic E-state index is 0.958. The zero-order valence-electron chi connectivity index (χ0n) is 9.47. The average Bonchev–Trinajstić information content (AvgIpc) is 2.97. The van der Waals surface area contributed by atoms with Crippen LogP contribution in [0.3, 0.4) is 0 Å². The van der Waals surface area contributed by atoms with Gasteiger partial charge in [-0.15, -0.1) is 0 Å². The van der Waals surface area contributed by atoms with Crippen molar-refractivity contribution in [3.63, 3.8) is 0 Å². The number of hydrogen-bond donors (Lipinski definition) is 0. The first-order valence-corrected chi connectivity index (χ1v) is 6.64.